The van der Waals surface area contributed by atoms with Gasteiger partial charge in [0, 0.05) is 46.2 Å². The SMILES string of the molecule is CC1(C)CC(N(CCNC(=O)O)C(=O)CBr)c2cc(-c3ccc(Cl)cc3)c(-c3ccc(Cl)cc3Cl)nc2O1. The zero-order valence-electron chi connectivity index (χ0n) is 20.6. The molecule has 4 rings (SSSR count). The molecule has 0 saturated carbocycles. The van der Waals surface area contributed by atoms with Crippen molar-refractivity contribution < 1.29 is 19.4 Å². The summed E-state index contributed by atoms with van der Waals surface area (Å²) in [4.78, 5) is 30.7. The summed E-state index contributed by atoms with van der Waals surface area (Å²) in [5.41, 5.74) is 2.95. The summed E-state index contributed by atoms with van der Waals surface area (Å²) in [7, 11) is 0. The van der Waals surface area contributed by atoms with Crippen LogP contribution in [0.3, 0.4) is 0 Å². The van der Waals surface area contributed by atoms with Crippen LogP contribution in [0.4, 0.5) is 4.79 Å². The molecule has 0 saturated heterocycles. The van der Waals surface area contributed by atoms with Crippen LogP contribution in [-0.2, 0) is 4.79 Å². The number of ether oxygens (including phenoxy) is 1. The van der Waals surface area contributed by atoms with Crippen LogP contribution in [0.5, 0.6) is 5.88 Å². The van der Waals surface area contributed by atoms with E-state index in [2.05, 4.69) is 21.2 Å². The second kappa shape index (κ2) is 11.7. The summed E-state index contributed by atoms with van der Waals surface area (Å²) in [5.74, 6) is 0.201. The molecule has 0 aliphatic carbocycles. The lowest BCUT2D eigenvalue weighted by atomic mass is 9.87. The standard InChI is InChI=1S/C27H25BrCl3N3O4/c1-27(2)13-22(34(23(35)14-28)10-9-32-26(36)37)20-12-19(15-3-5-16(29)6-4-15)24(33-25(20)38-27)18-8-7-17(30)11-21(18)31/h3-8,11-12,22,32H,9-10,13-14H2,1-2H3,(H,36,37). The van der Waals surface area contributed by atoms with E-state index in [9.17, 15) is 9.59 Å². The third kappa shape index (κ3) is 6.37. The Labute approximate surface area is 244 Å². The highest BCUT2D eigenvalue weighted by atomic mass is 79.9. The molecule has 200 valence electrons. The molecule has 2 amide bonds. The summed E-state index contributed by atoms with van der Waals surface area (Å²) in [6.07, 6.45) is -0.672. The van der Waals surface area contributed by atoms with Crippen molar-refractivity contribution in [3.05, 3.63) is 69.2 Å². The quantitative estimate of drug-likeness (QED) is 0.261. The predicted molar refractivity (Wildman–Crippen MR) is 154 cm³/mol. The number of hydrogen-bond donors (Lipinski definition) is 2. The molecule has 1 unspecified atom stereocenters. The van der Waals surface area contributed by atoms with Gasteiger partial charge in [-0.2, -0.15) is 0 Å². The van der Waals surface area contributed by atoms with Crippen molar-refractivity contribution in [3.63, 3.8) is 0 Å². The molecule has 0 fully saturated rings. The summed E-state index contributed by atoms with van der Waals surface area (Å²) in [6, 6.07) is 14.1. The van der Waals surface area contributed by atoms with Gasteiger partial charge in [0.25, 0.3) is 0 Å². The van der Waals surface area contributed by atoms with Gasteiger partial charge in [-0.1, -0.05) is 62.9 Å². The number of amides is 2. The van der Waals surface area contributed by atoms with E-state index < -0.39 is 17.7 Å². The lowest BCUT2D eigenvalue weighted by Crippen LogP contribution is -2.46. The minimum absolute atomic E-state index is 0.0805. The molecule has 1 aromatic heterocycles. The van der Waals surface area contributed by atoms with Gasteiger partial charge in [0.15, 0.2) is 0 Å². The molecule has 0 radical (unpaired) electrons. The van der Waals surface area contributed by atoms with Crippen LogP contribution in [0.25, 0.3) is 22.4 Å². The lowest BCUT2D eigenvalue weighted by Gasteiger charge is -2.42. The highest BCUT2D eigenvalue weighted by Gasteiger charge is 2.40. The Balaban J connectivity index is 1.92. The number of nitrogens with one attached hydrogen (secondary N) is 1. The fourth-order valence-electron chi connectivity index (χ4n) is 4.54. The Morgan fingerprint density at radius 2 is 1.79 bits per heavy atom. The molecule has 2 aromatic carbocycles. The molecule has 0 spiro atoms. The van der Waals surface area contributed by atoms with E-state index in [-0.39, 0.29) is 24.3 Å². The average molecular weight is 642 g/mol. The van der Waals surface area contributed by atoms with Gasteiger partial charge in [0.1, 0.15) is 5.60 Å². The zero-order chi connectivity index (χ0) is 27.6. The fourth-order valence-corrected chi connectivity index (χ4v) is 5.49. The fraction of sp³-hybridized carbons (Fsp3) is 0.296. The third-order valence-corrected chi connectivity index (χ3v) is 7.49. The summed E-state index contributed by atoms with van der Waals surface area (Å²) < 4.78 is 6.33. The van der Waals surface area contributed by atoms with Gasteiger partial charge in [0.05, 0.1) is 22.1 Å². The molecular formula is C27H25BrCl3N3O4. The van der Waals surface area contributed by atoms with Crippen LogP contribution >= 0.6 is 50.7 Å². The second-order valence-electron chi connectivity index (χ2n) is 9.44. The lowest BCUT2D eigenvalue weighted by molar-refractivity contribution is -0.132. The average Bonchev–Trinajstić information content (AvgIpc) is 2.85. The topological polar surface area (TPSA) is 91.8 Å². The Morgan fingerprint density at radius 1 is 1.11 bits per heavy atom. The number of rotatable bonds is 7. The van der Waals surface area contributed by atoms with Gasteiger partial charge in [0.2, 0.25) is 11.8 Å². The Morgan fingerprint density at radius 3 is 2.42 bits per heavy atom. The smallest absolute Gasteiger partial charge is 0.404 e. The van der Waals surface area contributed by atoms with Crippen LogP contribution in [0.2, 0.25) is 15.1 Å². The Hall–Kier alpha value is -2.52. The summed E-state index contributed by atoms with van der Waals surface area (Å²) in [6.45, 7) is 4.12. The van der Waals surface area contributed by atoms with E-state index in [0.29, 0.717) is 44.2 Å². The largest absolute Gasteiger partial charge is 0.471 e. The number of pyridine rings is 1. The summed E-state index contributed by atoms with van der Waals surface area (Å²) >= 11 is 22.2. The molecule has 0 bridgehead atoms. The number of nitrogens with zero attached hydrogens (tertiary/aromatic N) is 2. The Bertz CT molecular complexity index is 1370. The van der Waals surface area contributed by atoms with E-state index in [1.165, 1.54) is 0 Å². The van der Waals surface area contributed by atoms with Gasteiger partial charge in [-0.25, -0.2) is 9.78 Å². The molecular weight excluding hydrogens is 617 g/mol. The van der Waals surface area contributed by atoms with Crippen LogP contribution in [0.1, 0.15) is 31.9 Å². The molecule has 1 aliphatic rings. The number of fused-ring (bicyclic) bond motifs is 1. The maximum atomic E-state index is 13.1. The van der Waals surface area contributed by atoms with Crippen LogP contribution in [0.15, 0.2) is 48.5 Å². The number of carboxylic acid groups (broad SMARTS) is 1. The number of carbonyl (C=O) groups excluding carboxylic acids is 1. The van der Waals surface area contributed by atoms with Crippen molar-refractivity contribution in [2.45, 2.75) is 31.9 Å². The first kappa shape index (κ1) is 28.5. The van der Waals surface area contributed by atoms with Crippen LogP contribution in [-0.4, -0.2) is 51.0 Å². The Kier molecular flexibility index (Phi) is 8.77. The first-order valence-corrected chi connectivity index (χ1v) is 14.0. The van der Waals surface area contributed by atoms with E-state index in [1.807, 2.05) is 38.1 Å². The highest BCUT2D eigenvalue weighted by molar-refractivity contribution is 9.09. The monoisotopic (exact) mass is 639 g/mol. The first-order chi connectivity index (χ1) is 18.0. The van der Waals surface area contributed by atoms with Crippen LogP contribution in [0, 0.1) is 0 Å². The van der Waals surface area contributed by atoms with Gasteiger partial charge >= 0.3 is 6.09 Å². The van der Waals surface area contributed by atoms with Gasteiger partial charge < -0.3 is 20.1 Å². The molecule has 3 aromatic rings. The van der Waals surface area contributed by atoms with Crippen molar-refractivity contribution in [3.8, 4) is 28.3 Å². The zero-order valence-corrected chi connectivity index (χ0v) is 24.5. The second-order valence-corrected chi connectivity index (χ2v) is 11.3. The number of carbonyl (C=O) groups is 2. The molecule has 38 heavy (non-hydrogen) atoms. The molecule has 2 heterocycles. The van der Waals surface area contributed by atoms with Crippen molar-refractivity contribution in [1.82, 2.24) is 15.2 Å². The highest BCUT2D eigenvalue weighted by Crippen LogP contribution is 2.46. The van der Waals surface area contributed by atoms with E-state index in [0.717, 1.165) is 11.1 Å². The summed E-state index contributed by atoms with van der Waals surface area (Å²) in [5, 5.41) is 13.0. The van der Waals surface area contributed by atoms with Gasteiger partial charge in [-0.15, -0.1) is 0 Å². The van der Waals surface area contributed by atoms with E-state index >= 15 is 0 Å². The molecule has 11 heteroatoms. The van der Waals surface area contributed by atoms with Crippen molar-refractivity contribution in [1.29, 1.82) is 0 Å². The number of benzene rings is 2. The molecule has 7 nitrogen and oxygen atoms in total. The number of aromatic nitrogens is 1. The minimum Gasteiger partial charge on any atom is -0.471 e. The van der Waals surface area contributed by atoms with Gasteiger partial charge in [-0.3, -0.25) is 4.79 Å². The predicted octanol–water partition coefficient (Wildman–Crippen LogP) is 7.47. The van der Waals surface area contributed by atoms with Crippen molar-refractivity contribution in [2.24, 2.45) is 0 Å². The maximum Gasteiger partial charge on any atom is 0.404 e. The molecule has 2 N–H and O–H groups in total. The molecule has 1 atom stereocenters. The van der Waals surface area contributed by atoms with Crippen molar-refractivity contribution in [2.75, 3.05) is 18.4 Å². The number of halogens is 4. The molecule has 1 aliphatic heterocycles. The first-order valence-electron chi connectivity index (χ1n) is 11.8. The normalized spacial score (nSPS) is 15.8. The van der Waals surface area contributed by atoms with Gasteiger partial charge in [-0.05, 0) is 55.8 Å². The van der Waals surface area contributed by atoms with Crippen molar-refractivity contribution >= 4 is 62.7 Å². The number of hydrogen-bond acceptors (Lipinski definition) is 4. The number of alkyl halides is 1. The third-order valence-electron chi connectivity index (χ3n) is 6.21. The van der Waals surface area contributed by atoms with E-state index in [1.54, 1.807) is 29.2 Å². The maximum absolute atomic E-state index is 13.1. The van der Waals surface area contributed by atoms with E-state index in [4.69, 9.17) is 49.6 Å². The minimum atomic E-state index is -1.15. The van der Waals surface area contributed by atoms with Crippen LogP contribution < -0.4 is 10.1 Å².